The molecule has 4 rings (SSSR count). The largest absolute Gasteiger partial charge is 0.416 e. The molecule has 0 spiro atoms. The highest BCUT2D eigenvalue weighted by atomic mass is 19.4. The molecule has 0 aliphatic heterocycles. The van der Waals surface area contributed by atoms with Crippen LogP contribution < -0.4 is 10.2 Å². The van der Waals surface area contributed by atoms with E-state index in [2.05, 4.69) is 25.4 Å². The van der Waals surface area contributed by atoms with Crippen LogP contribution in [0.15, 0.2) is 72.9 Å². The number of hydrogen-bond acceptors (Lipinski definition) is 7. The summed E-state index contributed by atoms with van der Waals surface area (Å²) in [5.41, 5.74) is 2.01. The van der Waals surface area contributed by atoms with Gasteiger partial charge in [-0.2, -0.15) is 13.2 Å². The van der Waals surface area contributed by atoms with E-state index in [1.807, 2.05) is 69.4 Å². The Morgan fingerprint density at radius 1 is 0.895 bits per heavy atom. The van der Waals surface area contributed by atoms with Crippen molar-refractivity contribution in [3.63, 3.8) is 0 Å². The smallest absolute Gasteiger partial charge is 0.357 e. The lowest BCUT2D eigenvalue weighted by Crippen LogP contribution is -2.29. The summed E-state index contributed by atoms with van der Waals surface area (Å²) in [5.74, 6) is 0.983. The number of alkyl halides is 3. The normalized spacial score (nSPS) is 12.4. The summed E-state index contributed by atoms with van der Waals surface area (Å²) in [6.45, 7) is 3.49. The molecule has 2 heterocycles. The first-order chi connectivity index (χ1) is 18.1. The summed E-state index contributed by atoms with van der Waals surface area (Å²) in [4.78, 5) is 13.1. The molecule has 10 heteroatoms. The quantitative estimate of drug-likeness (QED) is 0.299. The van der Waals surface area contributed by atoms with E-state index in [9.17, 15) is 13.2 Å². The number of rotatable bonds is 9. The van der Waals surface area contributed by atoms with Gasteiger partial charge in [-0.3, -0.25) is 0 Å². The molecule has 0 aliphatic carbocycles. The molecule has 0 saturated heterocycles. The molecule has 0 radical (unpaired) electrons. The van der Waals surface area contributed by atoms with Crippen molar-refractivity contribution in [2.75, 3.05) is 44.4 Å². The number of halogens is 3. The van der Waals surface area contributed by atoms with E-state index < -0.39 is 11.7 Å². The maximum absolute atomic E-state index is 13.5. The van der Waals surface area contributed by atoms with Crippen LogP contribution >= 0.6 is 0 Å². The van der Waals surface area contributed by atoms with E-state index in [0.717, 1.165) is 24.2 Å². The fraction of sp³-hybridized carbons (Fsp3) is 0.286. The van der Waals surface area contributed by atoms with Crippen molar-refractivity contribution in [2.45, 2.75) is 19.1 Å². The molecule has 2 aromatic heterocycles. The Bertz CT molecular complexity index is 1360. The van der Waals surface area contributed by atoms with Gasteiger partial charge in [0.1, 0.15) is 5.69 Å². The van der Waals surface area contributed by atoms with Gasteiger partial charge in [0.2, 0.25) is 5.95 Å². The highest BCUT2D eigenvalue weighted by Gasteiger charge is 2.31. The standard InChI is InChI=1S/C28H30F3N7/c1-19(20-9-6-5-7-10-20)33-27-32-14-13-24(34-27)23-18-25(38(4)16-15-37(2)3)35-36-26(23)21-11-8-12-22(17-21)28(29,30)31/h5-14,17-19H,15-16H2,1-4H3,(H,32,33,34)/t19-/m0/s1. The maximum atomic E-state index is 13.5. The Labute approximate surface area is 220 Å². The predicted octanol–water partition coefficient (Wildman–Crippen LogP) is 5.79. The molecule has 0 saturated carbocycles. The summed E-state index contributed by atoms with van der Waals surface area (Å²) >= 11 is 0. The van der Waals surface area contributed by atoms with Gasteiger partial charge in [0.05, 0.1) is 17.3 Å². The zero-order valence-corrected chi connectivity index (χ0v) is 21.7. The molecule has 2 aromatic carbocycles. The van der Waals surface area contributed by atoms with Crippen LogP contribution in [0, 0.1) is 0 Å². The number of benzene rings is 2. The minimum absolute atomic E-state index is 0.0577. The van der Waals surface area contributed by atoms with Crippen molar-refractivity contribution in [1.82, 2.24) is 25.1 Å². The number of nitrogens with zero attached hydrogens (tertiary/aromatic N) is 6. The first-order valence-corrected chi connectivity index (χ1v) is 12.2. The molecular formula is C28H30F3N7. The average molecular weight is 522 g/mol. The number of hydrogen-bond donors (Lipinski definition) is 1. The number of aromatic nitrogens is 4. The fourth-order valence-electron chi connectivity index (χ4n) is 3.88. The molecule has 38 heavy (non-hydrogen) atoms. The number of nitrogens with one attached hydrogen (secondary N) is 1. The Morgan fingerprint density at radius 3 is 2.37 bits per heavy atom. The predicted molar refractivity (Wildman–Crippen MR) is 144 cm³/mol. The first-order valence-electron chi connectivity index (χ1n) is 12.2. The van der Waals surface area contributed by atoms with Gasteiger partial charge in [-0.1, -0.05) is 42.5 Å². The van der Waals surface area contributed by atoms with E-state index in [-0.39, 0.29) is 6.04 Å². The van der Waals surface area contributed by atoms with Gasteiger partial charge >= 0.3 is 6.18 Å². The van der Waals surface area contributed by atoms with Gasteiger partial charge in [-0.25, -0.2) is 9.97 Å². The second kappa shape index (κ2) is 11.6. The van der Waals surface area contributed by atoms with E-state index in [1.54, 1.807) is 18.3 Å². The molecule has 0 unspecified atom stereocenters. The summed E-state index contributed by atoms with van der Waals surface area (Å²) in [7, 11) is 5.86. The molecule has 0 bridgehead atoms. The van der Waals surface area contributed by atoms with Crippen LogP contribution in [-0.2, 0) is 6.18 Å². The number of likely N-dealkylation sites (N-methyl/N-ethyl adjacent to an activating group) is 2. The second-order valence-electron chi connectivity index (χ2n) is 9.31. The third-order valence-electron chi connectivity index (χ3n) is 6.09. The molecule has 1 N–H and O–H groups in total. The Hall–Kier alpha value is -4.05. The van der Waals surface area contributed by atoms with Crippen LogP contribution in [0.3, 0.4) is 0 Å². The topological polar surface area (TPSA) is 70.1 Å². The highest BCUT2D eigenvalue weighted by molar-refractivity contribution is 5.80. The van der Waals surface area contributed by atoms with Gasteiger partial charge in [0.15, 0.2) is 5.82 Å². The van der Waals surface area contributed by atoms with Crippen LogP contribution in [0.25, 0.3) is 22.5 Å². The molecule has 0 fully saturated rings. The maximum Gasteiger partial charge on any atom is 0.416 e. The van der Waals surface area contributed by atoms with E-state index in [4.69, 9.17) is 4.98 Å². The molecule has 7 nitrogen and oxygen atoms in total. The molecule has 0 aliphatic rings. The zero-order chi connectivity index (χ0) is 27.3. The highest BCUT2D eigenvalue weighted by Crippen LogP contribution is 2.35. The van der Waals surface area contributed by atoms with Gasteiger partial charge in [0, 0.05) is 37.5 Å². The summed E-state index contributed by atoms with van der Waals surface area (Å²) in [6, 6.07) is 18.5. The minimum atomic E-state index is -4.48. The van der Waals surface area contributed by atoms with Crippen LogP contribution in [0.4, 0.5) is 24.9 Å². The van der Waals surface area contributed by atoms with Crippen molar-refractivity contribution in [3.05, 3.63) is 84.1 Å². The molecular weight excluding hydrogens is 491 g/mol. The Kier molecular flexibility index (Phi) is 8.21. The minimum Gasteiger partial charge on any atom is -0.357 e. The second-order valence-corrected chi connectivity index (χ2v) is 9.31. The lowest BCUT2D eigenvalue weighted by atomic mass is 10.0. The zero-order valence-electron chi connectivity index (χ0n) is 21.7. The summed E-state index contributed by atoms with van der Waals surface area (Å²) < 4.78 is 40.4. The molecule has 1 atom stereocenters. The Morgan fingerprint density at radius 2 is 1.66 bits per heavy atom. The van der Waals surface area contributed by atoms with Crippen molar-refractivity contribution in [3.8, 4) is 22.5 Å². The number of anilines is 2. The van der Waals surface area contributed by atoms with Crippen LogP contribution in [0.2, 0.25) is 0 Å². The molecule has 198 valence electrons. The fourth-order valence-corrected chi connectivity index (χ4v) is 3.88. The van der Waals surface area contributed by atoms with Crippen molar-refractivity contribution >= 4 is 11.8 Å². The average Bonchev–Trinajstić information content (AvgIpc) is 2.91. The van der Waals surface area contributed by atoms with Gasteiger partial charge in [-0.15, -0.1) is 10.2 Å². The summed E-state index contributed by atoms with van der Waals surface area (Å²) in [6.07, 6.45) is -2.86. The van der Waals surface area contributed by atoms with Crippen LogP contribution in [-0.4, -0.2) is 59.3 Å². The van der Waals surface area contributed by atoms with Crippen molar-refractivity contribution < 1.29 is 13.2 Å². The van der Waals surface area contributed by atoms with Crippen molar-refractivity contribution in [1.29, 1.82) is 0 Å². The van der Waals surface area contributed by atoms with E-state index >= 15 is 0 Å². The monoisotopic (exact) mass is 521 g/mol. The van der Waals surface area contributed by atoms with Crippen LogP contribution in [0.5, 0.6) is 0 Å². The summed E-state index contributed by atoms with van der Waals surface area (Å²) in [5, 5.41) is 12.0. The van der Waals surface area contributed by atoms with Gasteiger partial charge in [-0.05, 0) is 50.8 Å². The van der Waals surface area contributed by atoms with Crippen molar-refractivity contribution in [2.24, 2.45) is 0 Å². The third kappa shape index (κ3) is 6.63. The lowest BCUT2D eigenvalue weighted by molar-refractivity contribution is -0.137. The molecule has 4 aromatic rings. The SMILES string of the molecule is C[C@H](Nc1nccc(-c2cc(N(C)CCN(C)C)nnc2-c2cccc(C(F)(F)F)c2)n1)c1ccccc1. The van der Waals surface area contributed by atoms with Crippen LogP contribution in [0.1, 0.15) is 24.1 Å². The van der Waals surface area contributed by atoms with E-state index in [0.29, 0.717) is 40.8 Å². The van der Waals surface area contributed by atoms with E-state index in [1.165, 1.54) is 6.07 Å². The third-order valence-corrected chi connectivity index (χ3v) is 6.09. The molecule has 0 amide bonds. The van der Waals surface area contributed by atoms with Gasteiger partial charge < -0.3 is 15.1 Å². The lowest BCUT2D eigenvalue weighted by Gasteiger charge is -2.21. The Balaban J connectivity index is 1.76. The van der Waals surface area contributed by atoms with Gasteiger partial charge in [0.25, 0.3) is 0 Å². The first kappa shape index (κ1) is 27.0.